The number of hydrogen-bond acceptors (Lipinski definition) is 4. The molecule has 0 amide bonds. The fraction of sp³-hybridized carbons (Fsp3) is 0.545. The molecule has 0 radical (unpaired) electrons. The highest BCUT2D eigenvalue weighted by atomic mass is 127. The van der Waals surface area contributed by atoms with E-state index in [4.69, 9.17) is 14.5 Å². The molecule has 2 N–H and O–H groups in total. The normalized spacial score (nSPS) is 11.5. The van der Waals surface area contributed by atoms with Crippen LogP contribution in [0, 0.1) is 5.92 Å². The minimum absolute atomic E-state index is 0. The fourth-order valence-electron chi connectivity index (χ4n) is 2.58. The summed E-state index contributed by atoms with van der Waals surface area (Å²) in [7, 11) is 1.92. The number of nitrogens with zero attached hydrogens (tertiary/aromatic N) is 3. The van der Waals surface area contributed by atoms with Gasteiger partial charge in [-0.25, -0.2) is 4.99 Å². The maximum absolute atomic E-state index is 5.71. The van der Waals surface area contributed by atoms with Gasteiger partial charge < -0.3 is 20.1 Å². The summed E-state index contributed by atoms with van der Waals surface area (Å²) in [6, 6.07) is 9.87. The number of aryl methyl sites for hydroxylation is 1. The lowest BCUT2D eigenvalue weighted by Gasteiger charge is -2.14. The minimum Gasteiger partial charge on any atom is -0.491 e. The van der Waals surface area contributed by atoms with Crippen LogP contribution in [0.25, 0.3) is 0 Å². The zero-order valence-electron chi connectivity index (χ0n) is 18.7. The van der Waals surface area contributed by atoms with Crippen molar-refractivity contribution in [1.29, 1.82) is 0 Å². The second-order valence-corrected chi connectivity index (χ2v) is 7.68. The van der Waals surface area contributed by atoms with E-state index in [9.17, 15) is 0 Å². The Kier molecular flexibility index (Phi) is 12.4. The number of guanidine groups is 1. The number of benzene rings is 1. The lowest BCUT2D eigenvalue weighted by molar-refractivity contribution is 0.108. The summed E-state index contributed by atoms with van der Waals surface area (Å²) >= 11 is 0. The topological polar surface area (TPSA) is 72.7 Å². The standard InChI is InChI=1S/C22H35N5O2.HI/c1-17(2)16-28-14-6-12-23-22(24-15-20-11-13-25-27(20)5)26-19-7-9-21(10-8-19)29-18(3)4;/h7-11,13,17-18H,6,12,14-16H2,1-5H3,(H2,23,24,26);1H. The van der Waals surface area contributed by atoms with Crippen molar-refractivity contribution in [3.63, 3.8) is 0 Å². The number of ether oxygens (including phenoxy) is 2. The first kappa shape index (κ1) is 26.2. The first-order valence-electron chi connectivity index (χ1n) is 10.3. The molecule has 0 atom stereocenters. The van der Waals surface area contributed by atoms with Crippen LogP contribution in [0.2, 0.25) is 0 Å². The van der Waals surface area contributed by atoms with Crippen molar-refractivity contribution < 1.29 is 9.47 Å². The van der Waals surface area contributed by atoms with E-state index in [1.165, 1.54) is 0 Å². The SMILES string of the molecule is CC(C)COCCCNC(=NCc1ccnn1C)Nc1ccc(OC(C)C)cc1.I. The van der Waals surface area contributed by atoms with Gasteiger partial charge in [0.25, 0.3) is 0 Å². The van der Waals surface area contributed by atoms with Gasteiger partial charge in [-0.15, -0.1) is 24.0 Å². The molecule has 7 nitrogen and oxygen atoms in total. The summed E-state index contributed by atoms with van der Waals surface area (Å²) in [5.41, 5.74) is 2.00. The lowest BCUT2D eigenvalue weighted by Crippen LogP contribution is -2.32. The van der Waals surface area contributed by atoms with Gasteiger partial charge in [-0.1, -0.05) is 13.8 Å². The molecule has 0 bridgehead atoms. The average molecular weight is 529 g/mol. The Bertz CT molecular complexity index is 744. The molecule has 8 heteroatoms. The summed E-state index contributed by atoms with van der Waals surface area (Å²) in [6.45, 7) is 11.2. The van der Waals surface area contributed by atoms with E-state index in [-0.39, 0.29) is 30.1 Å². The van der Waals surface area contributed by atoms with E-state index in [2.05, 4.69) is 29.6 Å². The molecule has 0 fully saturated rings. The summed E-state index contributed by atoms with van der Waals surface area (Å²) < 4.78 is 13.2. The van der Waals surface area contributed by atoms with Crippen LogP contribution in [0.15, 0.2) is 41.5 Å². The van der Waals surface area contributed by atoms with Crippen molar-refractivity contribution in [2.24, 2.45) is 18.0 Å². The van der Waals surface area contributed by atoms with E-state index in [0.717, 1.165) is 49.3 Å². The summed E-state index contributed by atoms with van der Waals surface area (Å²) in [6.07, 6.45) is 2.86. The monoisotopic (exact) mass is 529 g/mol. The molecule has 1 heterocycles. The van der Waals surface area contributed by atoms with Crippen LogP contribution >= 0.6 is 24.0 Å². The zero-order chi connectivity index (χ0) is 21.1. The summed E-state index contributed by atoms with van der Waals surface area (Å²) in [5.74, 6) is 2.14. The molecule has 168 valence electrons. The van der Waals surface area contributed by atoms with E-state index >= 15 is 0 Å². The van der Waals surface area contributed by atoms with Gasteiger partial charge in [0.1, 0.15) is 5.75 Å². The number of hydrogen-bond donors (Lipinski definition) is 2. The van der Waals surface area contributed by atoms with Gasteiger partial charge in [-0.05, 0) is 56.5 Å². The Hall–Kier alpha value is -1.81. The average Bonchev–Trinajstić information content (AvgIpc) is 3.08. The van der Waals surface area contributed by atoms with Crippen LogP contribution in [-0.4, -0.2) is 41.6 Å². The molecule has 2 aromatic rings. The van der Waals surface area contributed by atoms with Gasteiger partial charge in [0, 0.05) is 38.7 Å². The Morgan fingerprint density at radius 1 is 1.13 bits per heavy atom. The van der Waals surface area contributed by atoms with Crippen molar-refractivity contribution in [3.8, 4) is 5.75 Å². The molecular weight excluding hydrogens is 493 g/mol. The van der Waals surface area contributed by atoms with Gasteiger partial charge in [0.2, 0.25) is 0 Å². The molecule has 0 aliphatic rings. The molecule has 2 rings (SSSR count). The van der Waals surface area contributed by atoms with Gasteiger partial charge in [-0.2, -0.15) is 5.10 Å². The van der Waals surface area contributed by atoms with E-state index < -0.39 is 0 Å². The molecule has 0 aliphatic carbocycles. The zero-order valence-corrected chi connectivity index (χ0v) is 21.1. The predicted octanol–water partition coefficient (Wildman–Crippen LogP) is 4.45. The number of aromatic nitrogens is 2. The van der Waals surface area contributed by atoms with Gasteiger partial charge in [0.05, 0.1) is 18.3 Å². The summed E-state index contributed by atoms with van der Waals surface area (Å²) in [4.78, 5) is 4.70. The van der Waals surface area contributed by atoms with Crippen LogP contribution in [0.1, 0.15) is 39.8 Å². The van der Waals surface area contributed by atoms with Gasteiger partial charge in [-0.3, -0.25) is 4.68 Å². The fourth-order valence-corrected chi connectivity index (χ4v) is 2.58. The van der Waals surface area contributed by atoms with Crippen molar-refractivity contribution >= 4 is 35.6 Å². The van der Waals surface area contributed by atoms with Crippen molar-refractivity contribution in [3.05, 3.63) is 42.2 Å². The highest BCUT2D eigenvalue weighted by Gasteiger charge is 2.04. The number of nitrogens with one attached hydrogen (secondary N) is 2. The van der Waals surface area contributed by atoms with E-state index in [0.29, 0.717) is 12.5 Å². The van der Waals surface area contributed by atoms with Crippen LogP contribution in [0.5, 0.6) is 5.75 Å². The smallest absolute Gasteiger partial charge is 0.196 e. The molecule has 0 saturated heterocycles. The number of rotatable bonds is 11. The third kappa shape index (κ3) is 10.3. The van der Waals surface area contributed by atoms with Gasteiger partial charge in [0.15, 0.2) is 5.96 Å². The predicted molar refractivity (Wildman–Crippen MR) is 134 cm³/mol. The molecule has 1 aromatic heterocycles. The number of anilines is 1. The third-order valence-corrected chi connectivity index (χ3v) is 4.02. The second kappa shape index (κ2) is 14.2. The first-order chi connectivity index (χ1) is 13.9. The Labute approximate surface area is 197 Å². The highest BCUT2D eigenvalue weighted by molar-refractivity contribution is 14.0. The molecule has 0 aliphatic heterocycles. The van der Waals surface area contributed by atoms with Crippen molar-refractivity contribution in [2.75, 3.05) is 25.1 Å². The number of halogens is 1. The van der Waals surface area contributed by atoms with Crippen LogP contribution in [0.3, 0.4) is 0 Å². The molecule has 0 spiro atoms. The lowest BCUT2D eigenvalue weighted by atomic mass is 10.2. The van der Waals surface area contributed by atoms with E-state index in [1.54, 1.807) is 6.20 Å². The molecule has 0 saturated carbocycles. The van der Waals surface area contributed by atoms with Gasteiger partial charge >= 0.3 is 0 Å². The third-order valence-electron chi connectivity index (χ3n) is 4.02. The molecular formula is C22H36IN5O2. The first-order valence-corrected chi connectivity index (χ1v) is 10.3. The minimum atomic E-state index is 0. The number of aliphatic imine (C=N–C) groups is 1. The maximum atomic E-state index is 5.71. The molecule has 0 unspecified atom stereocenters. The van der Waals surface area contributed by atoms with Crippen molar-refractivity contribution in [2.45, 2.75) is 46.8 Å². The van der Waals surface area contributed by atoms with Crippen LogP contribution in [-0.2, 0) is 18.3 Å². The van der Waals surface area contributed by atoms with Crippen molar-refractivity contribution in [1.82, 2.24) is 15.1 Å². The maximum Gasteiger partial charge on any atom is 0.196 e. The Balaban J connectivity index is 0.00000450. The summed E-state index contributed by atoms with van der Waals surface area (Å²) in [5, 5.41) is 10.9. The quantitative estimate of drug-likeness (QED) is 0.195. The van der Waals surface area contributed by atoms with Crippen LogP contribution < -0.4 is 15.4 Å². The molecule has 1 aromatic carbocycles. The Morgan fingerprint density at radius 2 is 1.87 bits per heavy atom. The Morgan fingerprint density at radius 3 is 2.47 bits per heavy atom. The molecule has 30 heavy (non-hydrogen) atoms. The largest absolute Gasteiger partial charge is 0.491 e. The van der Waals surface area contributed by atoms with E-state index in [1.807, 2.05) is 55.9 Å². The highest BCUT2D eigenvalue weighted by Crippen LogP contribution is 2.17. The second-order valence-electron chi connectivity index (χ2n) is 7.68. The van der Waals surface area contributed by atoms with Crippen LogP contribution in [0.4, 0.5) is 5.69 Å².